The van der Waals surface area contributed by atoms with Gasteiger partial charge in [-0.3, -0.25) is 4.79 Å². The Kier molecular flexibility index (Phi) is 7.61. The first-order chi connectivity index (χ1) is 10.1. The topological polar surface area (TPSA) is 59.6 Å². The summed E-state index contributed by atoms with van der Waals surface area (Å²) in [4.78, 5) is 11.2. The maximum absolute atomic E-state index is 11.2. The smallest absolute Gasteiger partial charge is 0.219 e. The van der Waals surface area contributed by atoms with E-state index >= 15 is 0 Å². The number of benzene rings is 1. The molecule has 5 nitrogen and oxygen atoms in total. The molecule has 0 atom stereocenters. The fourth-order valence-corrected chi connectivity index (χ4v) is 1.87. The molecule has 0 radical (unpaired) electrons. The Balaban J connectivity index is 2.66. The van der Waals surface area contributed by atoms with Gasteiger partial charge in [0.2, 0.25) is 5.91 Å². The van der Waals surface area contributed by atoms with Gasteiger partial charge in [-0.2, -0.15) is 0 Å². The fourth-order valence-electron chi connectivity index (χ4n) is 1.87. The maximum atomic E-state index is 11.2. The molecule has 0 aliphatic heterocycles. The van der Waals surface area contributed by atoms with Gasteiger partial charge >= 0.3 is 0 Å². The van der Waals surface area contributed by atoms with Gasteiger partial charge in [0.25, 0.3) is 0 Å². The summed E-state index contributed by atoms with van der Waals surface area (Å²) in [6, 6.07) is 6.25. The minimum absolute atomic E-state index is 0.0281. The zero-order chi connectivity index (χ0) is 15.7. The van der Waals surface area contributed by atoms with E-state index in [9.17, 15) is 4.79 Å². The highest BCUT2D eigenvalue weighted by molar-refractivity contribution is 5.75. The van der Waals surface area contributed by atoms with Gasteiger partial charge in [0.15, 0.2) is 11.5 Å². The van der Waals surface area contributed by atoms with Crippen LogP contribution in [0, 0.1) is 0 Å². The summed E-state index contributed by atoms with van der Waals surface area (Å²) < 4.78 is 11.2. The highest BCUT2D eigenvalue weighted by atomic mass is 16.5. The van der Waals surface area contributed by atoms with Crippen molar-refractivity contribution in [3.63, 3.8) is 0 Å². The fraction of sp³-hybridized carbons (Fsp3) is 0.562. The maximum Gasteiger partial charge on any atom is 0.219 e. The predicted octanol–water partition coefficient (Wildman–Crippen LogP) is 2.10. The molecule has 0 aromatic heterocycles. The largest absolute Gasteiger partial charge is 0.493 e. The van der Waals surface area contributed by atoms with Crippen LogP contribution in [0.2, 0.25) is 0 Å². The van der Waals surface area contributed by atoms with Crippen molar-refractivity contribution in [2.24, 2.45) is 0 Å². The monoisotopic (exact) mass is 294 g/mol. The van der Waals surface area contributed by atoms with Crippen molar-refractivity contribution in [1.82, 2.24) is 10.6 Å². The number of methoxy groups -OCH3 is 1. The van der Waals surface area contributed by atoms with Crippen LogP contribution in [0.4, 0.5) is 0 Å². The Hall–Kier alpha value is -1.75. The molecule has 1 amide bonds. The van der Waals surface area contributed by atoms with Crippen LogP contribution in [0.15, 0.2) is 18.2 Å². The normalized spacial score (nSPS) is 10.5. The SMILES string of the molecule is CNC(=O)CCCOc1c(CNC(C)C)cccc1OC. The first-order valence-corrected chi connectivity index (χ1v) is 7.31. The van der Waals surface area contributed by atoms with E-state index in [0.717, 1.165) is 23.6 Å². The van der Waals surface area contributed by atoms with Crippen LogP contribution in [0.1, 0.15) is 32.3 Å². The van der Waals surface area contributed by atoms with E-state index in [0.29, 0.717) is 25.5 Å². The Morgan fingerprint density at radius 1 is 1.33 bits per heavy atom. The third-order valence-corrected chi connectivity index (χ3v) is 3.05. The van der Waals surface area contributed by atoms with E-state index in [-0.39, 0.29) is 5.91 Å². The number of ether oxygens (including phenoxy) is 2. The van der Waals surface area contributed by atoms with E-state index < -0.39 is 0 Å². The molecule has 0 aliphatic rings. The number of amides is 1. The standard InChI is InChI=1S/C16H26N2O3/c1-12(2)18-11-13-7-5-8-14(20-4)16(13)21-10-6-9-15(19)17-3/h5,7-8,12,18H,6,9-11H2,1-4H3,(H,17,19). The van der Waals surface area contributed by atoms with Gasteiger partial charge in [-0.25, -0.2) is 0 Å². The van der Waals surface area contributed by atoms with Crippen LogP contribution in [-0.2, 0) is 11.3 Å². The minimum atomic E-state index is 0.0281. The first kappa shape index (κ1) is 17.3. The number of hydrogen-bond acceptors (Lipinski definition) is 4. The summed E-state index contributed by atoms with van der Waals surface area (Å²) >= 11 is 0. The molecule has 0 spiro atoms. The Labute approximate surface area is 127 Å². The molecule has 0 bridgehead atoms. The van der Waals surface area contributed by atoms with Crippen molar-refractivity contribution < 1.29 is 14.3 Å². The van der Waals surface area contributed by atoms with Crippen LogP contribution < -0.4 is 20.1 Å². The summed E-state index contributed by atoms with van der Waals surface area (Å²) in [6.45, 7) is 5.41. The van der Waals surface area contributed by atoms with Gasteiger partial charge in [-0.1, -0.05) is 26.0 Å². The lowest BCUT2D eigenvalue weighted by Gasteiger charge is -2.16. The molecule has 1 rings (SSSR count). The molecule has 0 saturated heterocycles. The molecule has 0 saturated carbocycles. The van der Waals surface area contributed by atoms with Crippen LogP contribution in [0.3, 0.4) is 0 Å². The lowest BCUT2D eigenvalue weighted by atomic mass is 10.1. The second kappa shape index (κ2) is 9.23. The summed E-state index contributed by atoms with van der Waals surface area (Å²) in [5.74, 6) is 1.50. The molecule has 21 heavy (non-hydrogen) atoms. The second-order valence-corrected chi connectivity index (χ2v) is 5.11. The average Bonchev–Trinajstić information content (AvgIpc) is 2.49. The molecular formula is C16H26N2O3. The van der Waals surface area contributed by atoms with E-state index in [1.165, 1.54) is 0 Å². The Bertz CT molecular complexity index is 447. The molecular weight excluding hydrogens is 268 g/mol. The van der Waals surface area contributed by atoms with Gasteiger partial charge in [0, 0.05) is 31.6 Å². The molecule has 1 aromatic carbocycles. The van der Waals surface area contributed by atoms with Crippen molar-refractivity contribution in [2.75, 3.05) is 20.8 Å². The zero-order valence-electron chi connectivity index (χ0n) is 13.4. The van der Waals surface area contributed by atoms with Crippen molar-refractivity contribution in [1.29, 1.82) is 0 Å². The summed E-state index contributed by atoms with van der Waals surface area (Å²) in [6.07, 6.45) is 1.14. The molecule has 0 heterocycles. The molecule has 118 valence electrons. The van der Waals surface area contributed by atoms with Gasteiger partial charge in [-0.15, -0.1) is 0 Å². The summed E-state index contributed by atoms with van der Waals surface area (Å²) in [5.41, 5.74) is 1.06. The third kappa shape index (κ3) is 6.04. The minimum Gasteiger partial charge on any atom is -0.493 e. The number of hydrogen-bond donors (Lipinski definition) is 2. The number of para-hydroxylation sites is 1. The lowest BCUT2D eigenvalue weighted by molar-refractivity contribution is -0.120. The molecule has 0 unspecified atom stereocenters. The number of nitrogens with one attached hydrogen (secondary N) is 2. The van der Waals surface area contributed by atoms with Crippen LogP contribution >= 0.6 is 0 Å². The van der Waals surface area contributed by atoms with E-state index in [1.54, 1.807) is 14.2 Å². The Morgan fingerprint density at radius 2 is 2.10 bits per heavy atom. The van der Waals surface area contributed by atoms with E-state index in [2.05, 4.69) is 24.5 Å². The molecule has 2 N–H and O–H groups in total. The van der Waals surface area contributed by atoms with Crippen molar-refractivity contribution in [2.45, 2.75) is 39.3 Å². The van der Waals surface area contributed by atoms with Crippen LogP contribution in [0.25, 0.3) is 0 Å². The van der Waals surface area contributed by atoms with E-state index in [4.69, 9.17) is 9.47 Å². The molecule has 1 aromatic rings. The van der Waals surface area contributed by atoms with Crippen molar-refractivity contribution in [3.05, 3.63) is 23.8 Å². The van der Waals surface area contributed by atoms with Crippen molar-refractivity contribution in [3.8, 4) is 11.5 Å². The zero-order valence-corrected chi connectivity index (χ0v) is 13.4. The number of carbonyl (C=O) groups is 1. The first-order valence-electron chi connectivity index (χ1n) is 7.31. The summed E-state index contributed by atoms with van der Waals surface area (Å²) in [5, 5.41) is 5.97. The van der Waals surface area contributed by atoms with Gasteiger partial charge in [0.1, 0.15) is 0 Å². The third-order valence-electron chi connectivity index (χ3n) is 3.05. The van der Waals surface area contributed by atoms with Crippen LogP contribution in [-0.4, -0.2) is 32.7 Å². The van der Waals surface area contributed by atoms with Crippen LogP contribution in [0.5, 0.6) is 11.5 Å². The van der Waals surface area contributed by atoms with Crippen molar-refractivity contribution >= 4 is 5.91 Å². The highest BCUT2D eigenvalue weighted by Crippen LogP contribution is 2.31. The molecule has 5 heteroatoms. The molecule has 0 aliphatic carbocycles. The Morgan fingerprint density at radius 3 is 2.71 bits per heavy atom. The molecule has 0 fully saturated rings. The van der Waals surface area contributed by atoms with Gasteiger partial charge in [-0.05, 0) is 12.5 Å². The van der Waals surface area contributed by atoms with Gasteiger partial charge in [0.05, 0.1) is 13.7 Å². The predicted molar refractivity (Wildman–Crippen MR) is 83.8 cm³/mol. The number of carbonyl (C=O) groups excluding carboxylic acids is 1. The second-order valence-electron chi connectivity index (χ2n) is 5.11. The number of rotatable bonds is 9. The van der Waals surface area contributed by atoms with Gasteiger partial charge < -0.3 is 20.1 Å². The highest BCUT2D eigenvalue weighted by Gasteiger charge is 2.11. The summed E-state index contributed by atoms with van der Waals surface area (Å²) in [7, 11) is 3.27. The van der Waals surface area contributed by atoms with E-state index in [1.807, 2.05) is 18.2 Å². The quantitative estimate of drug-likeness (QED) is 0.685. The lowest BCUT2D eigenvalue weighted by Crippen LogP contribution is -2.22. The average molecular weight is 294 g/mol.